The van der Waals surface area contributed by atoms with Gasteiger partial charge in [-0.25, -0.2) is 0 Å². The first kappa shape index (κ1) is 10.1. The zero-order valence-electron chi connectivity index (χ0n) is 7.69. The van der Waals surface area contributed by atoms with Crippen LogP contribution in [0.15, 0.2) is 24.3 Å². The third kappa shape index (κ3) is 2.49. The molecule has 1 atom stereocenters. The summed E-state index contributed by atoms with van der Waals surface area (Å²) in [5, 5.41) is 20.0. The van der Waals surface area contributed by atoms with Crippen molar-refractivity contribution in [2.24, 2.45) is 0 Å². The highest BCUT2D eigenvalue weighted by Crippen LogP contribution is 2.10. The van der Waals surface area contributed by atoms with Gasteiger partial charge < -0.3 is 10.4 Å². The van der Waals surface area contributed by atoms with E-state index in [4.69, 9.17) is 10.4 Å². The van der Waals surface area contributed by atoms with Gasteiger partial charge in [0.05, 0.1) is 11.6 Å². The summed E-state index contributed by atoms with van der Waals surface area (Å²) in [6, 6.07) is 8.02. The second-order valence-corrected chi connectivity index (χ2v) is 2.90. The first-order chi connectivity index (χ1) is 6.63. The number of benzene rings is 1. The lowest BCUT2D eigenvalue weighted by Crippen LogP contribution is -2.25. The topological polar surface area (TPSA) is 73.1 Å². The van der Waals surface area contributed by atoms with Crippen molar-refractivity contribution in [2.75, 3.05) is 5.32 Å². The van der Waals surface area contributed by atoms with E-state index < -0.39 is 12.0 Å². The normalized spacial score (nSPS) is 11.4. The number of carbonyl (C=O) groups is 1. The van der Waals surface area contributed by atoms with Crippen molar-refractivity contribution in [3.05, 3.63) is 29.8 Å². The molecule has 0 aromatic heterocycles. The van der Waals surface area contributed by atoms with Crippen LogP contribution in [0.4, 0.5) is 5.69 Å². The number of carboxylic acid groups (broad SMARTS) is 1. The van der Waals surface area contributed by atoms with Gasteiger partial charge in [0.2, 0.25) is 0 Å². The fraction of sp³-hybridized carbons (Fsp3) is 0.200. The first-order valence-electron chi connectivity index (χ1n) is 4.13. The van der Waals surface area contributed by atoms with Gasteiger partial charge in [-0.1, -0.05) is 6.07 Å². The van der Waals surface area contributed by atoms with E-state index in [0.29, 0.717) is 11.3 Å². The molecular formula is C10H10N2O2. The molecular weight excluding hydrogens is 180 g/mol. The number of aliphatic carboxylic acids is 1. The zero-order valence-corrected chi connectivity index (χ0v) is 7.69. The Morgan fingerprint density at radius 1 is 1.64 bits per heavy atom. The van der Waals surface area contributed by atoms with Gasteiger partial charge in [-0.2, -0.15) is 5.26 Å². The molecule has 1 aromatic rings. The maximum absolute atomic E-state index is 10.5. The lowest BCUT2D eigenvalue weighted by Gasteiger charge is -2.10. The van der Waals surface area contributed by atoms with Crippen LogP contribution in [0.25, 0.3) is 0 Å². The number of anilines is 1. The molecule has 0 aliphatic rings. The SMILES string of the molecule is CC(Nc1cccc(C#N)c1)C(=O)O. The standard InChI is InChI=1S/C10H10N2O2/c1-7(10(13)14)12-9-4-2-3-8(5-9)6-11/h2-5,7,12H,1H3,(H,13,14). The van der Waals surface area contributed by atoms with Crippen molar-refractivity contribution in [1.82, 2.24) is 0 Å². The maximum atomic E-state index is 10.5. The molecule has 1 rings (SSSR count). The highest BCUT2D eigenvalue weighted by Gasteiger charge is 2.09. The summed E-state index contributed by atoms with van der Waals surface area (Å²) >= 11 is 0. The molecule has 0 aliphatic heterocycles. The summed E-state index contributed by atoms with van der Waals surface area (Å²) in [5.41, 5.74) is 1.14. The average Bonchev–Trinajstić information content (AvgIpc) is 2.18. The number of hydrogen-bond acceptors (Lipinski definition) is 3. The van der Waals surface area contributed by atoms with Gasteiger partial charge in [-0.05, 0) is 25.1 Å². The van der Waals surface area contributed by atoms with E-state index >= 15 is 0 Å². The second-order valence-electron chi connectivity index (χ2n) is 2.90. The second kappa shape index (κ2) is 4.28. The van der Waals surface area contributed by atoms with Crippen LogP contribution >= 0.6 is 0 Å². The highest BCUT2D eigenvalue weighted by molar-refractivity contribution is 5.76. The molecule has 2 N–H and O–H groups in total. The Morgan fingerprint density at radius 2 is 2.36 bits per heavy atom. The molecule has 0 saturated heterocycles. The van der Waals surface area contributed by atoms with Crippen molar-refractivity contribution >= 4 is 11.7 Å². The van der Waals surface area contributed by atoms with Gasteiger partial charge in [-0.15, -0.1) is 0 Å². The van der Waals surface area contributed by atoms with Crippen LogP contribution in [0, 0.1) is 11.3 Å². The van der Waals surface area contributed by atoms with E-state index in [2.05, 4.69) is 5.32 Å². The van der Waals surface area contributed by atoms with Crippen LogP contribution < -0.4 is 5.32 Å². The van der Waals surface area contributed by atoms with Crippen LogP contribution in [0.2, 0.25) is 0 Å². The smallest absolute Gasteiger partial charge is 0.325 e. The maximum Gasteiger partial charge on any atom is 0.325 e. The Hall–Kier alpha value is -2.02. The van der Waals surface area contributed by atoms with Gasteiger partial charge >= 0.3 is 5.97 Å². The van der Waals surface area contributed by atoms with Gasteiger partial charge in [0.15, 0.2) is 0 Å². The number of nitrogens with zero attached hydrogens (tertiary/aromatic N) is 1. The van der Waals surface area contributed by atoms with Crippen molar-refractivity contribution in [2.45, 2.75) is 13.0 Å². The first-order valence-corrected chi connectivity index (χ1v) is 4.13. The van der Waals surface area contributed by atoms with Crippen LogP contribution in [0.5, 0.6) is 0 Å². The number of carboxylic acids is 1. The Morgan fingerprint density at radius 3 is 2.93 bits per heavy atom. The van der Waals surface area contributed by atoms with Gasteiger partial charge in [0.25, 0.3) is 0 Å². The summed E-state index contributed by atoms with van der Waals surface area (Å²) in [6.45, 7) is 1.54. The number of nitriles is 1. The monoisotopic (exact) mass is 190 g/mol. The molecule has 0 radical (unpaired) electrons. The Balaban J connectivity index is 2.78. The molecule has 4 nitrogen and oxygen atoms in total. The summed E-state index contributed by atoms with van der Waals surface area (Å²) in [5.74, 6) is -0.924. The van der Waals surface area contributed by atoms with E-state index in [1.54, 1.807) is 31.2 Å². The minimum atomic E-state index is -0.924. The average molecular weight is 190 g/mol. The van der Waals surface area contributed by atoms with Crippen LogP contribution in [0.1, 0.15) is 12.5 Å². The molecule has 0 saturated carbocycles. The lowest BCUT2D eigenvalue weighted by molar-refractivity contribution is -0.137. The summed E-state index contributed by atoms with van der Waals surface area (Å²) in [4.78, 5) is 10.5. The van der Waals surface area contributed by atoms with E-state index in [1.165, 1.54) is 0 Å². The van der Waals surface area contributed by atoms with E-state index in [1.807, 2.05) is 6.07 Å². The van der Waals surface area contributed by atoms with E-state index in [9.17, 15) is 4.79 Å². The molecule has 72 valence electrons. The predicted octanol–water partition coefficient (Wildman–Crippen LogP) is 1.44. The van der Waals surface area contributed by atoms with Crippen molar-refractivity contribution in [3.8, 4) is 6.07 Å². The zero-order chi connectivity index (χ0) is 10.6. The molecule has 0 bridgehead atoms. The summed E-state index contributed by atoms with van der Waals surface area (Å²) < 4.78 is 0. The van der Waals surface area contributed by atoms with Crippen molar-refractivity contribution in [1.29, 1.82) is 5.26 Å². The largest absolute Gasteiger partial charge is 0.480 e. The van der Waals surface area contributed by atoms with E-state index in [0.717, 1.165) is 0 Å². The minimum Gasteiger partial charge on any atom is -0.480 e. The fourth-order valence-electron chi connectivity index (χ4n) is 0.990. The van der Waals surface area contributed by atoms with Gasteiger partial charge in [0, 0.05) is 5.69 Å². The Kier molecular flexibility index (Phi) is 3.08. The molecule has 0 heterocycles. The molecule has 0 amide bonds. The molecule has 14 heavy (non-hydrogen) atoms. The molecule has 1 aromatic carbocycles. The van der Waals surface area contributed by atoms with Crippen LogP contribution in [-0.4, -0.2) is 17.1 Å². The third-order valence-electron chi connectivity index (χ3n) is 1.75. The summed E-state index contributed by atoms with van der Waals surface area (Å²) in [7, 11) is 0. The number of hydrogen-bond donors (Lipinski definition) is 2. The third-order valence-corrected chi connectivity index (χ3v) is 1.75. The minimum absolute atomic E-state index is 0.507. The predicted molar refractivity (Wildman–Crippen MR) is 51.9 cm³/mol. The lowest BCUT2D eigenvalue weighted by atomic mass is 10.2. The van der Waals surface area contributed by atoms with Crippen molar-refractivity contribution in [3.63, 3.8) is 0 Å². The van der Waals surface area contributed by atoms with Gasteiger partial charge in [0.1, 0.15) is 6.04 Å². The van der Waals surface area contributed by atoms with Crippen LogP contribution in [-0.2, 0) is 4.79 Å². The Labute approximate surface area is 81.8 Å². The van der Waals surface area contributed by atoms with Gasteiger partial charge in [-0.3, -0.25) is 4.79 Å². The molecule has 0 spiro atoms. The molecule has 1 unspecified atom stereocenters. The Bertz CT molecular complexity index is 382. The number of nitrogens with one attached hydrogen (secondary N) is 1. The van der Waals surface area contributed by atoms with Crippen molar-refractivity contribution < 1.29 is 9.90 Å². The molecule has 0 fully saturated rings. The number of rotatable bonds is 3. The fourth-order valence-corrected chi connectivity index (χ4v) is 0.990. The molecule has 4 heteroatoms. The van der Waals surface area contributed by atoms with Crippen LogP contribution in [0.3, 0.4) is 0 Å². The highest BCUT2D eigenvalue weighted by atomic mass is 16.4. The summed E-state index contributed by atoms with van der Waals surface area (Å²) in [6.07, 6.45) is 0. The van der Waals surface area contributed by atoms with E-state index in [-0.39, 0.29) is 0 Å². The quantitative estimate of drug-likeness (QED) is 0.756. The molecule has 0 aliphatic carbocycles.